The van der Waals surface area contributed by atoms with Gasteiger partial charge in [0.25, 0.3) is 0 Å². The highest BCUT2D eigenvalue weighted by Gasteiger charge is 2.24. The van der Waals surface area contributed by atoms with Crippen LogP contribution in [-0.4, -0.2) is 25.2 Å². The van der Waals surface area contributed by atoms with E-state index in [0.717, 1.165) is 24.2 Å². The Morgan fingerprint density at radius 1 is 1.07 bits per heavy atom. The highest BCUT2D eigenvalue weighted by atomic mass is 32.2. The van der Waals surface area contributed by atoms with Crippen molar-refractivity contribution in [2.45, 2.75) is 64.0 Å². The molecule has 0 aromatic heterocycles. The molecule has 0 aliphatic heterocycles. The fourth-order valence-electron chi connectivity index (χ4n) is 3.93. The molecule has 0 spiro atoms. The van der Waals surface area contributed by atoms with Crippen LogP contribution < -0.4 is 15.0 Å². The second-order valence-corrected chi connectivity index (χ2v) is 8.77. The predicted octanol–water partition coefficient (Wildman–Crippen LogP) is 7.60. The molecule has 7 heteroatoms. The molecule has 166 valence electrons. The highest BCUT2D eigenvalue weighted by Crippen LogP contribution is 2.50. The summed E-state index contributed by atoms with van der Waals surface area (Å²) in [6, 6.07) is 5.16. The lowest BCUT2D eigenvalue weighted by Crippen LogP contribution is -2.03. The zero-order chi connectivity index (χ0) is 21.9. The van der Waals surface area contributed by atoms with Crippen LogP contribution >= 0.6 is 11.8 Å². The summed E-state index contributed by atoms with van der Waals surface area (Å²) < 4.78 is 11.5. The van der Waals surface area contributed by atoms with Gasteiger partial charge in [-0.25, -0.2) is 0 Å². The number of hydrogen-bond acceptors (Lipinski definition) is 7. The van der Waals surface area contributed by atoms with Crippen molar-refractivity contribution in [2.24, 2.45) is 5.18 Å². The van der Waals surface area contributed by atoms with E-state index in [-0.39, 0.29) is 10.9 Å². The van der Waals surface area contributed by atoms with Crippen LogP contribution in [0.3, 0.4) is 0 Å². The zero-order valence-electron chi connectivity index (χ0n) is 18.5. The Bertz CT molecular complexity index is 829. The van der Waals surface area contributed by atoms with Crippen molar-refractivity contribution in [3.8, 4) is 11.5 Å². The van der Waals surface area contributed by atoms with Crippen LogP contribution in [-0.2, 0) is 0 Å². The summed E-state index contributed by atoms with van der Waals surface area (Å²) >= 11 is 1.87. The first-order valence-electron chi connectivity index (χ1n) is 10.7. The average molecular weight is 435 g/mol. The number of nitrogens with zero attached hydrogens (tertiary/aromatic N) is 1. The van der Waals surface area contributed by atoms with Crippen LogP contribution in [0, 0.1) is 4.91 Å². The monoisotopic (exact) mass is 434 g/mol. The number of ether oxygens (including phenoxy) is 2. The summed E-state index contributed by atoms with van der Waals surface area (Å²) in [6.07, 6.45) is 8.49. The van der Waals surface area contributed by atoms with Crippen molar-refractivity contribution < 1.29 is 14.7 Å². The average Bonchev–Trinajstić information content (AvgIpc) is 2.78. The maximum absolute atomic E-state index is 11.6. The van der Waals surface area contributed by atoms with Gasteiger partial charge >= 0.3 is 0 Å². The number of hydrogen-bond donors (Lipinski definition) is 2. The lowest BCUT2D eigenvalue weighted by atomic mass is 9.97. The first-order valence-corrected chi connectivity index (χ1v) is 11.8. The number of nitrogens with one attached hydrogen (secondary N) is 1. The Labute approximate surface area is 183 Å². The second-order valence-electron chi connectivity index (χ2n) is 7.29. The molecule has 1 atom stereocenters. The molecular weight excluding hydrogens is 400 g/mol. The minimum atomic E-state index is 0.222. The number of anilines is 1. The van der Waals surface area contributed by atoms with Gasteiger partial charge in [0, 0.05) is 10.8 Å². The van der Waals surface area contributed by atoms with Crippen LogP contribution in [0.5, 0.6) is 11.5 Å². The van der Waals surface area contributed by atoms with Crippen molar-refractivity contribution in [3.05, 3.63) is 28.7 Å². The van der Waals surface area contributed by atoms with Crippen molar-refractivity contribution >= 4 is 33.9 Å². The summed E-state index contributed by atoms with van der Waals surface area (Å²) in [5.41, 5.74) is 3.90. The summed E-state index contributed by atoms with van der Waals surface area (Å²) in [5, 5.41) is 14.2. The molecule has 0 aliphatic rings. The van der Waals surface area contributed by atoms with E-state index in [0.29, 0.717) is 28.0 Å². The number of nitroso groups, excluding NO2 is 1. The molecule has 6 nitrogen and oxygen atoms in total. The highest BCUT2D eigenvalue weighted by molar-refractivity contribution is 7.99. The Hall–Kier alpha value is -1.99. The lowest BCUT2D eigenvalue weighted by Gasteiger charge is -2.23. The van der Waals surface area contributed by atoms with E-state index in [4.69, 9.17) is 9.47 Å². The molecule has 0 aliphatic carbocycles. The van der Waals surface area contributed by atoms with Crippen LogP contribution in [0.2, 0.25) is 0 Å². The summed E-state index contributed by atoms with van der Waals surface area (Å²) in [4.78, 5) is 11.6. The van der Waals surface area contributed by atoms with E-state index in [9.17, 15) is 10.1 Å². The number of methoxy groups -OCH3 is 2. The fraction of sp³-hybridized carbons (Fsp3) is 0.565. The van der Waals surface area contributed by atoms with Gasteiger partial charge in [-0.15, -0.1) is 4.91 Å². The van der Waals surface area contributed by atoms with Gasteiger partial charge in [-0.3, -0.25) is 10.7 Å². The quantitative estimate of drug-likeness (QED) is 0.181. The van der Waals surface area contributed by atoms with Crippen molar-refractivity contribution in [3.63, 3.8) is 0 Å². The molecule has 30 heavy (non-hydrogen) atoms. The Morgan fingerprint density at radius 3 is 2.40 bits per heavy atom. The largest absolute Gasteiger partial charge is 0.496 e. The SMILES string of the molecule is CCCCCCCCC(SCC)c1cc(OC)c2c(NO)ccc(N=O)c2c1OC. The van der Waals surface area contributed by atoms with Gasteiger partial charge in [0.05, 0.1) is 30.7 Å². The van der Waals surface area contributed by atoms with Crippen LogP contribution in [0.25, 0.3) is 10.8 Å². The first-order chi connectivity index (χ1) is 14.7. The van der Waals surface area contributed by atoms with Gasteiger partial charge in [-0.1, -0.05) is 52.4 Å². The minimum Gasteiger partial charge on any atom is -0.496 e. The molecule has 0 amide bonds. The standard InChI is InChI=1S/C23H34N2O4S/c1-5-7-8-9-10-11-12-20(30-6-2)16-15-19(28-3)21-17(24-26)13-14-18(25-27)22(21)23(16)29-4/h13-15,20,24,26H,5-12H2,1-4H3. The molecule has 2 N–H and O–H groups in total. The van der Waals surface area contributed by atoms with Crippen molar-refractivity contribution in [2.75, 3.05) is 25.5 Å². The zero-order valence-corrected chi connectivity index (χ0v) is 19.3. The van der Waals surface area contributed by atoms with Gasteiger partial charge < -0.3 is 9.47 Å². The van der Waals surface area contributed by atoms with Crippen LogP contribution in [0.15, 0.2) is 23.4 Å². The van der Waals surface area contributed by atoms with Crippen molar-refractivity contribution in [1.82, 2.24) is 0 Å². The third-order valence-corrected chi connectivity index (χ3v) is 6.61. The Balaban J connectivity index is 2.50. The second kappa shape index (κ2) is 12.6. The van der Waals surface area contributed by atoms with Gasteiger partial charge in [-0.05, 0) is 35.5 Å². The molecule has 2 rings (SSSR count). The summed E-state index contributed by atoms with van der Waals surface area (Å²) in [7, 11) is 3.19. The van der Waals surface area contributed by atoms with Gasteiger partial charge in [-0.2, -0.15) is 11.8 Å². The molecule has 1 unspecified atom stereocenters. The van der Waals surface area contributed by atoms with Gasteiger partial charge in [0.15, 0.2) is 0 Å². The molecule has 0 saturated heterocycles. The van der Waals surface area contributed by atoms with E-state index >= 15 is 0 Å². The molecule has 0 heterocycles. The van der Waals surface area contributed by atoms with Gasteiger partial charge in [0.2, 0.25) is 0 Å². The van der Waals surface area contributed by atoms with Crippen LogP contribution in [0.1, 0.15) is 69.6 Å². The van der Waals surface area contributed by atoms with E-state index in [1.54, 1.807) is 26.4 Å². The fourth-order valence-corrected chi connectivity index (χ4v) is 5.02. The first kappa shape index (κ1) is 24.3. The molecule has 0 saturated carbocycles. The molecule has 0 radical (unpaired) electrons. The maximum atomic E-state index is 11.6. The number of fused-ring (bicyclic) bond motifs is 1. The number of unbranched alkanes of at least 4 members (excludes halogenated alkanes) is 5. The normalized spacial score (nSPS) is 12.0. The third-order valence-electron chi connectivity index (χ3n) is 5.38. The molecule has 2 aromatic carbocycles. The third kappa shape index (κ3) is 5.58. The van der Waals surface area contributed by atoms with E-state index in [1.165, 1.54) is 32.1 Å². The molecule has 0 fully saturated rings. The van der Waals surface area contributed by atoms with E-state index in [2.05, 4.69) is 24.5 Å². The number of thioether (sulfide) groups is 1. The summed E-state index contributed by atoms with van der Waals surface area (Å²) in [6.45, 7) is 4.38. The number of rotatable bonds is 14. The minimum absolute atomic E-state index is 0.222. The van der Waals surface area contributed by atoms with Crippen LogP contribution in [0.4, 0.5) is 11.4 Å². The predicted molar refractivity (Wildman–Crippen MR) is 127 cm³/mol. The Morgan fingerprint density at radius 2 is 1.80 bits per heavy atom. The molecule has 0 bridgehead atoms. The van der Waals surface area contributed by atoms with Gasteiger partial charge in [0.1, 0.15) is 17.2 Å². The number of benzene rings is 2. The van der Waals surface area contributed by atoms with Crippen molar-refractivity contribution in [1.29, 1.82) is 0 Å². The van der Waals surface area contributed by atoms with E-state index in [1.807, 2.05) is 17.8 Å². The molecular formula is C23H34N2O4S. The topological polar surface area (TPSA) is 80.1 Å². The van der Waals surface area contributed by atoms with E-state index < -0.39 is 0 Å². The smallest absolute Gasteiger partial charge is 0.133 e. The Kier molecular flexibility index (Phi) is 10.2. The maximum Gasteiger partial charge on any atom is 0.133 e. The summed E-state index contributed by atoms with van der Waals surface area (Å²) in [5.74, 6) is 2.17. The lowest BCUT2D eigenvalue weighted by molar-refractivity contribution is 0.388. The molecule has 2 aromatic rings.